The van der Waals surface area contributed by atoms with Crippen molar-refractivity contribution in [2.45, 2.75) is 33.3 Å². The summed E-state index contributed by atoms with van der Waals surface area (Å²) in [5.41, 5.74) is 0.0127. The van der Waals surface area contributed by atoms with E-state index in [4.69, 9.17) is 9.47 Å². The molecule has 1 aliphatic heterocycles. The minimum absolute atomic E-state index is 0.230. The number of ether oxygens (including phenoxy) is 2. The normalized spacial score (nSPS) is 19.3. The molecule has 0 saturated carbocycles. The number of methoxy groups -OCH3 is 1. The molecule has 0 radical (unpaired) electrons. The zero-order valence-electron chi connectivity index (χ0n) is 12.3. The molecule has 0 aromatic rings. The van der Waals surface area contributed by atoms with Gasteiger partial charge in [0, 0.05) is 25.6 Å². The molecule has 1 aliphatic rings. The van der Waals surface area contributed by atoms with E-state index >= 15 is 0 Å². The molecule has 0 amide bonds. The van der Waals surface area contributed by atoms with Crippen LogP contribution in [0.25, 0.3) is 0 Å². The highest BCUT2D eigenvalue weighted by Crippen LogP contribution is 2.24. The lowest BCUT2D eigenvalue weighted by molar-refractivity contribution is -0.0971. The lowest BCUT2D eigenvalue weighted by Gasteiger charge is -2.38. The van der Waals surface area contributed by atoms with E-state index in [1.54, 1.807) is 7.11 Å². The van der Waals surface area contributed by atoms with Crippen molar-refractivity contribution in [2.75, 3.05) is 40.0 Å². The Balaban J connectivity index is 2.45. The highest BCUT2D eigenvalue weighted by Gasteiger charge is 2.33. The van der Waals surface area contributed by atoms with E-state index in [0.717, 1.165) is 32.3 Å². The van der Waals surface area contributed by atoms with E-state index in [9.17, 15) is 0 Å². The number of guanidine groups is 1. The molecule has 0 spiro atoms. The monoisotopic (exact) mass is 257 g/mol. The number of rotatable bonds is 6. The van der Waals surface area contributed by atoms with Crippen molar-refractivity contribution in [3.8, 4) is 0 Å². The molecular weight excluding hydrogens is 230 g/mol. The molecule has 106 valence electrons. The molecule has 5 heteroatoms. The predicted octanol–water partition coefficient (Wildman–Crippen LogP) is 1.00. The van der Waals surface area contributed by atoms with Crippen LogP contribution in [0.4, 0.5) is 0 Å². The largest absolute Gasteiger partial charge is 0.380 e. The summed E-state index contributed by atoms with van der Waals surface area (Å²) in [5, 5.41) is 6.61. The number of hydrogen-bond acceptors (Lipinski definition) is 3. The topological polar surface area (TPSA) is 54.9 Å². The molecule has 2 N–H and O–H groups in total. The predicted molar refractivity (Wildman–Crippen MR) is 74.0 cm³/mol. The molecule has 0 atom stereocenters. The molecule has 18 heavy (non-hydrogen) atoms. The Morgan fingerprint density at radius 2 is 2.06 bits per heavy atom. The maximum Gasteiger partial charge on any atom is 0.191 e. The minimum atomic E-state index is -0.230. The van der Waals surface area contributed by atoms with Crippen LogP contribution in [-0.4, -0.2) is 51.5 Å². The van der Waals surface area contributed by atoms with Crippen LogP contribution in [0.3, 0.4) is 0 Å². The zero-order chi connectivity index (χ0) is 13.6. The first-order valence-corrected chi connectivity index (χ1v) is 6.56. The second-order valence-corrected chi connectivity index (χ2v) is 5.82. The van der Waals surface area contributed by atoms with Gasteiger partial charge in [-0.2, -0.15) is 0 Å². The third-order valence-corrected chi connectivity index (χ3v) is 3.10. The molecule has 0 aromatic heterocycles. The van der Waals surface area contributed by atoms with Gasteiger partial charge in [-0.3, -0.25) is 4.99 Å². The molecule has 1 saturated heterocycles. The Bertz CT molecular complexity index is 286. The van der Waals surface area contributed by atoms with Crippen molar-refractivity contribution in [3.63, 3.8) is 0 Å². The third kappa shape index (κ3) is 4.82. The van der Waals surface area contributed by atoms with Gasteiger partial charge in [0.05, 0.1) is 25.4 Å². The minimum Gasteiger partial charge on any atom is -0.380 e. The van der Waals surface area contributed by atoms with E-state index in [2.05, 4.69) is 29.5 Å². The molecule has 1 rings (SSSR count). The van der Waals surface area contributed by atoms with E-state index in [1.807, 2.05) is 13.8 Å². The van der Waals surface area contributed by atoms with E-state index in [1.165, 1.54) is 0 Å². The lowest BCUT2D eigenvalue weighted by atomic mass is 9.89. The zero-order valence-corrected chi connectivity index (χ0v) is 12.3. The number of aliphatic imine (C=N–C) groups is 1. The van der Waals surface area contributed by atoms with Gasteiger partial charge in [-0.15, -0.1) is 0 Å². The summed E-state index contributed by atoms with van der Waals surface area (Å²) >= 11 is 0. The molecule has 0 aliphatic carbocycles. The standard InChI is InChI=1S/C13H27N3O2/c1-6-14-11(15-7-12(2,3)17-5)16-8-13(4)9-18-10-13/h6-10H2,1-5H3,(H2,14,15,16). The maximum absolute atomic E-state index is 5.36. The Labute approximate surface area is 110 Å². The average Bonchev–Trinajstić information content (AvgIpc) is 2.30. The van der Waals surface area contributed by atoms with Crippen LogP contribution in [0.1, 0.15) is 27.7 Å². The third-order valence-electron chi connectivity index (χ3n) is 3.10. The van der Waals surface area contributed by atoms with Crippen LogP contribution in [0.15, 0.2) is 4.99 Å². The molecule has 1 fully saturated rings. The van der Waals surface area contributed by atoms with Crippen molar-refractivity contribution in [1.82, 2.24) is 10.6 Å². The van der Waals surface area contributed by atoms with Gasteiger partial charge in [0.25, 0.3) is 0 Å². The van der Waals surface area contributed by atoms with E-state index in [0.29, 0.717) is 6.54 Å². The highest BCUT2D eigenvalue weighted by atomic mass is 16.5. The van der Waals surface area contributed by atoms with Gasteiger partial charge < -0.3 is 20.1 Å². The highest BCUT2D eigenvalue weighted by molar-refractivity contribution is 5.79. The van der Waals surface area contributed by atoms with Crippen molar-refractivity contribution < 1.29 is 9.47 Å². The van der Waals surface area contributed by atoms with Gasteiger partial charge in [-0.1, -0.05) is 6.92 Å². The Kier molecular flexibility index (Phi) is 5.41. The number of hydrogen-bond donors (Lipinski definition) is 2. The van der Waals surface area contributed by atoms with Crippen molar-refractivity contribution in [3.05, 3.63) is 0 Å². The fourth-order valence-electron chi connectivity index (χ4n) is 1.53. The molecule has 5 nitrogen and oxygen atoms in total. The Morgan fingerprint density at radius 3 is 2.50 bits per heavy atom. The molecule has 1 heterocycles. The summed E-state index contributed by atoms with van der Waals surface area (Å²) in [5.74, 6) is 0.843. The summed E-state index contributed by atoms with van der Waals surface area (Å²) in [7, 11) is 1.71. The summed E-state index contributed by atoms with van der Waals surface area (Å²) in [6.45, 7) is 12.3. The van der Waals surface area contributed by atoms with E-state index < -0.39 is 0 Å². The second kappa shape index (κ2) is 6.38. The summed E-state index contributed by atoms with van der Waals surface area (Å²) in [6.07, 6.45) is 0. The molecular formula is C13H27N3O2. The van der Waals surface area contributed by atoms with Gasteiger partial charge in [0.15, 0.2) is 5.96 Å². The van der Waals surface area contributed by atoms with E-state index in [-0.39, 0.29) is 11.0 Å². The Morgan fingerprint density at radius 1 is 1.39 bits per heavy atom. The lowest BCUT2D eigenvalue weighted by Crippen LogP contribution is -2.51. The van der Waals surface area contributed by atoms with Crippen LogP contribution in [0.2, 0.25) is 0 Å². The molecule has 0 bridgehead atoms. The maximum atomic E-state index is 5.36. The summed E-state index contributed by atoms with van der Waals surface area (Å²) < 4.78 is 10.6. The van der Waals surface area contributed by atoms with Crippen LogP contribution in [-0.2, 0) is 9.47 Å². The van der Waals surface area contributed by atoms with Crippen molar-refractivity contribution >= 4 is 5.96 Å². The quantitative estimate of drug-likeness (QED) is 0.551. The second-order valence-electron chi connectivity index (χ2n) is 5.82. The fourth-order valence-corrected chi connectivity index (χ4v) is 1.53. The van der Waals surface area contributed by atoms with Crippen LogP contribution < -0.4 is 10.6 Å². The first-order chi connectivity index (χ1) is 8.41. The average molecular weight is 257 g/mol. The fraction of sp³-hybridized carbons (Fsp3) is 0.923. The van der Waals surface area contributed by atoms with Gasteiger partial charge in [-0.05, 0) is 20.8 Å². The van der Waals surface area contributed by atoms with Crippen molar-refractivity contribution in [2.24, 2.45) is 10.4 Å². The first kappa shape index (κ1) is 15.2. The van der Waals surface area contributed by atoms with Gasteiger partial charge in [-0.25, -0.2) is 0 Å². The van der Waals surface area contributed by atoms with Gasteiger partial charge in [0.1, 0.15) is 0 Å². The van der Waals surface area contributed by atoms with Gasteiger partial charge in [0.2, 0.25) is 0 Å². The Hall–Kier alpha value is -0.810. The number of nitrogens with one attached hydrogen (secondary N) is 2. The van der Waals surface area contributed by atoms with Crippen LogP contribution in [0, 0.1) is 5.41 Å². The number of nitrogens with zero attached hydrogens (tertiary/aromatic N) is 1. The molecule has 0 aromatic carbocycles. The smallest absolute Gasteiger partial charge is 0.191 e. The summed E-state index contributed by atoms with van der Waals surface area (Å²) in [6, 6.07) is 0. The first-order valence-electron chi connectivity index (χ1n) is 6.56. The van der Waals surface area contributed by atoms with Crippen LogP contribution in [0.5, 0.6) is 0 Å². The van der Waals surface area contributed by atoms with Crippen LogP contribution >= 0.6 is 0 Å². The molecule has 0 unspecified atom stereocenters. The van der Waals surface area contributed by atoms with Gasteiger partial charge >= 0.3 is 0 Å². The van der Waals surface area contributed by atoms with Crippen molar-refractivity contribution in [1.29, 1.82) is 0 Å². The summed E-state index contributed by atoms with van der Waals surface area (Å²) in [4.78, 5) is 4.55. The SMILES string of the molecule is CCNC(=NCC(C)(C)OC)NCC1(C)COC1.